The number of fused-ring (bicyclic) bond motifs is 1. The normalized spacial score (nSPS) is 24.1. The van der Waals surface area contributed by atoms with Crippen molar-refractivity contribution in [1.29, 1.82) is 0 Å². The van der Waals surface area contributed by atoms with Gasteiger partial charge in [-0.3, -0.25) is 4.79 Å². The molecule has 2 aliphatic heterocycles. The maximum absolute atomic E-state index is 11.8. The number of hydrogen-bond acceptors (Lipinski definition) is 3. The van der Waals surface area contributed by atoms with Gasteiger partial charge in [0, 0.05) is 44.3 Å². The minimum atomic E-state index is 0.192. The highest BCUT2D eigenvalue weighted by atomic mass is 16.1. The molecule has 0 aromatic heterocycles. The van der Waals surface area contributed by atoms with Gasteiger partial charge in [0.1, 0.15) is 0 Å². The Bertz CT molecular complexity index is 460. The third-order valence-corrected chi connectivity index (χ3v) is 4.04. The quantitative estimate of drug-likeness (QED) is 0.798. The summed E-state index contributed by atoms with van der Waals surface area (Å²) in [6.07, 6.45) is 2.78. The van der Waals surface area contributed by atoms with Crippen LogP contribution in [0.5, 0.6) is 0 Å². The fourth-order valence-corrected chi connectivity index (χ4v) is 3.08. The van der Waals surface area contributed by atoms with E-state index in [1.54, 1.807) is 0 Å². The van der Waals surface area contributed by atoms with Crippen LogP contribution in [0.2, 0.25) is 0 Å². The Balaban J connectivity index is 1.88. The summed E-state index contributed by atoms with van der Waals surface area (Å²) < 4.78 is 0. The van der Waals surface area contributed by atoms with E-state index in [2.05, 4.69) is 39.8 Å². The van der Waals surface area contributed by atoms with Gasteiger partial charge < -0.3 is 15.5 Å². The highest BCUT2D eigenvalue weighted by Gasteiger charge is 2.26. The second kappa shape index (κ2) is 5.61. The van der Waals surface area contributed by atoms with Crippen molar-refractivity contribution in [3.8, 4) is 0 Å². The van der Waals surface area contributed by atoms with Crippen LogP contribution < -0.4 is 15.5 Å². The summed E-state index contributed by atoms with van der Waals surface area (Å²) in [4.78, 5) is 14.2. The Morgan fingerprint density at radius 2 is 2.11 bits per heavy atom. The summed E-state index contributed by atoms with van der Waals surface area (Å²) >= 11 is 0. The highest BCUT2D eigenvalue weighted by Crippen LogP contribution is 2.27. The molecule has 1 fully saturated rings. The molecule has 0 saturated carbocycles. The zero-order valence-electron chi connectivity index (χ0n) is 11.2. The van der Waals surface area contributed by atoms with Crippen LogP contribution in [0.15, 0.2) is 24.3 Å². The van der Waals surface area contributed by atoms with E-state index < -0.39 is 0 Å². The lowest BCUT2D eigenvalue weighted by molar-refractivity contribution is -0.121. The Hall–Kier alpha value is -1.55. The summed E-state index contributed by atoms with van der Waals surface area (Å²) in [6, 6.07) is 8.88. The molecule has 1 aromatic carbocycles. The van der Waals surface area contributed by atoms with Crippen LogP contribution in [0.4, 0.5) is 5.69 Å². The van der Waals surface area contributed by atoms with Gasteiger partial charge in [0.15, 0.2) is 0 Å². The maximum atomic E-state index is 11.8. The summed E-state index contributed by atoms with van der Waals surface area (Å²) in [5.41, 5.74) is 2.64. The second-order valence-corrected chi connectivity index (χ2v) is 5.35. The van der Waals surface area contributed by atoms with Crippen molar-refractivity contribution in [3.05, 3.63) is 29.8 Å². The summed E-state index contributed by atoms with van der Waals surface area (Å²) in [5, 5.41) is 6.43. The van der Waals surface area contributed by atoms with E-state index in [1.165, 1.54) is 11.3 Å². The van der Waals surface area contributed by atoms with Crippen LogP contribution >= 0.6 is 0 Å². The topological polar surface area (TPSA) is 44.4 Å². The van der Waals surface area contributed by atoms with Crippen molar-refractivity contribution in [2.75, 3.05) is 24.5 Å². The third kappa shape index (κ3) is 2.73. The van der Waals surface area contributed by atoms with E-state index in [4.69, 9.17) is 0 Å². The minimum Gasteiger partial charge on any atom is -0.366 e. The summed E-state index contributed by atoms with van der Waals surface area (Å²) in [7, 11) is 0. The molecule has 1 saturated heterocycles. The largest absolute Gasteiger partial charge is 0.366 e. The SMILES string of the molecule is O=C1CC(N2CCNCc3ccccc32)CCCN1. The number of anilines is 1. The number of benzene rings is 1. The molecule has 1 atom stereocenters. The lowest BCUT2D eigenvalue weighted by Crippen LogP contribution is -2.40. The molecule has 2 N–H and O–H groups in total. The molecular formula is C15H21N3O. The number of hydrogen-bond donors (Lipinski definition) is 2. The van der Waals surface area contributed by atoms with E-state index in [-0.39, 0.29) is 5.91 Å². The first-order chi connectivity index (χ1) is 9.34. The smallest absolute Gasteiger partial charge is 0.222 e. The van der Waals surface area contributed by atoms with Gasteiger partial charge in [-0.15, -0.1) is 0 Å². The first kappa shape index (κ1) is 12.5. The van der Waals surface area contributed by atoms with Gasteiger partial charge in [0.2, 0.25) is 5.91 Å². The fourth-order valence-electron chi connectivity index (χ4n) is 3.08. The van der Waals surface area contributed by atoms with Crippen LogP contribution in [0.3, 0.4) is 0 Å². The standard InChI is InChI=1S/C15H21N3O/c19-15-10-13(5-3-7-17-15)18-9-8-16-11-12-4-1-2-6-14(12)18/h1-2,4,6,13,16H,3,5,7-11H2,(H,17,19). The van der Waals surface area contributed by atoms with Crippen molar-refractivity contribution >= 4 is 11.6 Å². The third-order valence-electron chi connectivity index (χ3n) is 4.04. The molecule has 3 rings (SSSR count). The fraction of sp³-hybridized carbons (Fsp3) is 0.533. The predicted octanol–water partition coefficient (Wildman–Crippen LogP) is 1.26. The van der Waals surface area contributed by atoms with Gasteiger partial charge in [-0.2, -0.15) is 0 Å². The van der Waals surface area contributed by atoms with Crippen molar-refractivity contribution in [2.45, 2.75) is 31.8 Å². The number of nitrogens with zero attached hydrogens (tertiary/aromatic N) is 1. The van der Waals surface area contributed by atoms with E-state index >= 15 is 0 Å². The van der Waals surface area contributed by atoms with E-state index in [1.807, 2.05) is 0 Å². The van der Waals surface area contributed by atoms with E-state index in [0.29, 0.717) is 12.5 Å². The van der Waals surface area contributed by atoms with Crippen LogP contribution in [-0.4, -0.2) is 31.6 Å². The second-order valence-electron chi connectivity index (χ2n) is 5.35. The van der Waals surface area contributed by atoms with Crippen molar-refractivity contribution < 1.29 is 4.79 Å². The van der Waals surface area contributed by atoms with Crippen LogP contribution in [0, 0.1) is 0 Å². The molecule has 4 nitrogen and oxygen atoms in total. The molecule has 0 aliphatic carbocycles. The lowest BCUT2D eigenvalue weighted by Gasteiger charge is -2.32. The van der Waals surface area contributed by atoms with Crippen LogP contribution in [0.25, 0.3) is 0 Å². The van der Waals surface area contributed by atoms with Crippen LogP contribution in [-0.2, 0) is 11.3 Å². The molecule has 1 unspecified atom stereocenters. The van der Waals surface area contributed by atoms with Crippen molar-refractivity contribution in [3.63, 3.8) is 0 Å². The first-order valence-electron chi connectivity index (χ1n) is 7.16. The molecule has 102 valence electrons. The Morgan fingerprint density at radius 1 is 1.21 bits per heavy atom. The highest BCUT2D eigenvalue weighted by molar-refractivity contribution is 5.77. The molecule has 2 heterocycles. The molecule has 0 bridgehead atoms. The molecule has 2 aliphatic rings. The van der Waals surface area contributed by atoms with Gasteiger partial charge >= 0.3 is 0 Å². The van der Waals surface area contributed by atoms with E-state index in [0.717, 1.165) is 39.0 Å². The molecule has 0 spiro atoms. The Morgan fingerprint density at radius 3 is 3.05 bits per heavy atom. The number of para-hydroxylation sites is 1. The van der Waals surface area contributed by atoms with Gasteiger partial charge in [0.05, 0.1) is 0 Å². The molecule has 4 heteroatoms. The predicted molar refractivity (Wildman–Crippen MR) is 76.1 cm³/mol. The monoisotopic (exact) mass is 259 g/mol. The summed E-state index contributed by atoms with van der Waals surface area (Å²) in [6.45, 7) is 3.70. The number of rotatable bonds is 1. The van der Waals surface area contributed by atoms with Gasteiger partial charge in [-0.05, 0) is 24.5 Å². The molecule has 1 amide bonds. The summed E-state index contributed by atoms with van der Waals surface area (Å²) in [5.74, 6) is 0.192. The lowest BCUT2D eigenvalue weighted by atomic mass is 10.0. The zero-order chi connectivity index (χ0) is 13.1. The number of carbonyl (C=O) groups is 1. The van der Waals surface area contributed by atoms with Gasteiger partial charge in [-0.1, -0.05) is 18.2 Å². The maximum Gasteiger partial charge on any atom is 0.222 e. The molecule has 19 heavy (non-hydrogen) atoms. The average Bonchev–Trinajstić information content (AvgIpc) is 2.76. The van der Waals surface area contributed by atoms with Gasteiger partial charge in [0.25, 0.3) is 0 Å². The Labute approximate surface area is 114 Å². The Kier molecular flexibility index (Phi) is 3.69. The van der Waals surface area contributed by atoms with Crippen molar-refractivity contribution in [2.24, 2.45) is 0 Å². The molecular weight excluding hydrogens is 238 g/mol. The number of amides is 1. The van der Waals surface area contributed by atoms with Crippen LogP contribution in [0.1, 0.15) is 24.8 Å². The molecule has 0 radical (unpaired) electrons. The average molecular weight is 259 g/mol. The van der Waals surface area contributed by atoms with E-state index in [9.17, 15) is 4.79 Å². The number of nitrogens with one attached hydrogen (secondary N) is 2. The van der Waals surface area contributed by atoms with Crippen molar-refractivity contribution in [1.82, 2.24) is 10.6 Å². The molecule has 1 aromatic rings. The number of carbonyl (C=O) groups excluding carboxylic acids is 1. The first-order valence-corrected chi connectivity index (χ1v) is 7.16. The van der Waals surface area contributed by atoms with Gasteiger partial charge in [-0.25, -0.2) is 0 Å². The zero-order valence-corrected chi connectivity index (χ0v) is 11.2. The minimum absolute atomic E-state index is 0.192.